The number of likely N-dealkylation sites (N-methyl/N-ethyl adjacent to an activating group) is 2. The molecule has 14 heteroatoms. The summed E-state index contributed by atoms with van der Waals surface area (Å²) in [6, 6.07) is 24.7. The number of hydrogen-bond donors (Lipinski definition) is 0. The van der Waals surface area contributed by atoms with Gasteiger partial charge in [0.1, 0.15) is 11.6 Å². The number of nitrogens with zero attached hydrogens (tertiary/aromatic N) is 4. The van der Waals surface area contributed by atoms with Crippen LogP contribution in [0.15, 0.2) is 107 Å². The van der Waals surface area contributed by atoms with Gasteiger partial charge in [-0.2, -0.15) is 0 Å². The van der Waals surface area contributed by atoms with Crippen molar-refractivity contribution in [3.05, 3.63) is 120 Å². The second-order valence-corrected chi connectivity index (χ2v) is 15.5. The Bertz CT molecular complexity index is 1860. The summed E-state index contributed by atoms with van der Waals surface area (Å²) in [5.74, 6) is -4.42. The predicted octanol–water partition coefficient (Wildman–Crippen LogP) is 5.46. The first-order chi connectivity index (χ1) is 24.8. The molecule has 6 rings (SSSR count). The minimum atomic E-state index is -1.71. The van der Waals surface area contributed by atoms with E-state index in [0.717, 1.165) is 23.5 Å². The number of ether oxygens (including phenoxy) is 2. The Morgan fingerprint density at radius 1 is 0.596 bits per heavy atom. The van der Waals surface area contributed by atoms with Crippen LogP contribution in [0.3, 0.4) is 0 Å². The minimum Gasteiger partial charge on any atom is -0.433 e. The quantitative estimate of drug-likeness (QED) is 0.171. The van der Waals surface area contributed by atoms with Crippen LogP contribution in [0.25, 0.3) is 0 Å². The van der Waals surface area contributed by atoms with E-state index in [-0.39, 0.29) is 38.0 Å². The third kappa shape index (κ3) is 7.70. The molecule has 2 amide bonds. The number of hydrogen-bond acceptors (Lipinski definition) is 10. The van der Waals surface area contributed by atoms with Crippen molar-refractivity contribution in [2.75, 3.05) is 64.2 Å². The second kappa shape index (κ2) is 15.1. The SMILES string of the molecule is CN(C)CC(=O)N1CC(OC(=O)C(=O)OC2(c3ccc(F)cc3)CN(C(=O)CN(C)C)c3ccccc3S2)(c2ccc(F)cc2)Sc2ccccc21. The second-order valence-electron chi connectivity index (χ2n) is 12.9. The van der Waals surface area contributed by atoms with Gasteiger partial charge >= 0.3 is 11.9 Å². The Morgan fingerprint density at radius 3 is 1.29 bits per heavy atom. The summed E-state index contributed by atoms with van der Waals surface area (Å²) in [7, 11) is 7.00. The lowest BCUT2D eigenvalue weighted by Gasteiger charge is -2.43. The van der Waals surface area contributed by atoms with Crippen molar-refractivity contribution in [1.82, 2.24) is 9.80 Å². The fourth-order valence-corrected chi connectivity index (χ4v) is 8.71. The van der Waals surface area contributed by atoms with E-state index >= 15 is 0 Å². The van der Waals surface area contributed by atoms with Crippen LogP contribution in [-0.4, -0.2) is 87.9 Å². The fraction of sp³-hybridized carbons (Fsp3) is 0.263. The molecule has 2 aliphatic heterocycles. The molecule has 0 N–H and O–H groups in total. The number of esters is 2. The van der Waals surface area contributed by atoms with Crippen LogP contribution >= 0.6 is 23.5 Å². The minimum absolute atomic E-state index is 0.0381. The van der Waals surface area contributed by atoms with Gasteiger partial charge in [0.15, 0.2) is 0 Å². The molecule has 4 aromatic carbocycles. The molecule has 0 aromatic heterocycles. The number of para-hydroxylation sites is 2. The molecule has 0 radical (unpaired) electrons. The lowest BCUT2D eigenvalue weighted by molar-refractivity contribution is -0.177. The van der Waals surface area contributed by atoms with Gasteiger partial charge in [-0.1, -0.05) is 72.1 Å². The van der Waals surface area contributed by atoms with Crippen LogP contribution in [0.1, 0.15) is 11.1 Å². The molecule has 0 fully saturated rings. The van der Waals surface area contributed by atoms with E-state index in [1.54, 1.807) is 86.5 Å². The van der Waals surface area contributed by atoms with Crippen LogP contribution in [0.5, 0.6) is 0 Å². The number of amides is 2. The summed E-state index contributed by atoms with van der Waals surface area (Å²) >= 11 is 2.22. The zero-order valence-corrected chi connectivity index (χ0v) is 30.5. The van der Waals surface area contributed by atoms with E-state index < -0.39 is 33.4 Å². The molecule has 0 saturated heterocycles. The van der Waals surface area contributed by atoms with Crippen molar-refractivity contribution in [3.63, 3.8) is 0 Å². The highest BCUT2D eigenvalue weighted by Gasteiger charge is 2.50. The number of carbonyl (C=O) groups is 4. The van der Waals surface area contributed by atoms with E-state index in [1.807, 2.05) is 0 Å². The highest BCUT2D eigenvalue weighted by molar-refractivity contribution is 8.00. The zero-order chi connectivity index (χ0) is 37.2. The van der Waals surface area contributed by atoms with Crippen LogP contribution in [0.4, 0.5) is 20.2 Å². The van der Waals surface area contributed by atoms with Crippen LogP contribution in [0, 0.1) is 11.6 Å². The first-order valence-corrected chi connectivity index (χ1v) is 17.9. The number of benzene rings is 4. The van der Waals surface area contributed by atoms with Gasteiger partial charge in [-0.15, -0.1) is 0 Å². The molecule has 2 aliphatic rings. The predicted molar refractivity (Wildman–Crippen MR) is 195 cm³/mol. The summed E-state index contributed by atoms with van der Waals surface area (Å²) in [6.45, 7) is -0.332. The molecule has 0 bridgehead atoms. The van der Waals surface area contributed by atoms with E-state index in [0.29, 0.717) is 32.3 Å². The normalized spacial score (nSPS) is 19.5. The summed E-state index contributed by atoms with van der Waals surface area (Å²) in [5.41, 5.74) is 1.83. The number of anilines is 2. The van der Waals surface area contributed by atoms with Gasteiger partial charge in [0, 0.05) is 20.9 Å². The number of rotatable bonds is 8. The van der Waals surface area contributed by atoms with Crippen molar-refractivity contribution < 1.29 is 37.4 Å². The molecule has 4 aromatic rings. The van der Waals surface area contributed by atoms with Crippen molar-refractivity contribution in [3.8, 4) is 0 Å². The Balaban J connectivity index is 1.39. The standard InChI is InChI=1S/C38H36F2N4O6S2/c1-41(2)21-33(45)43-23-37(25-13-17-27(39)18-14-25,51-31-11-7-5-9-29(31)43)49-35(47)36(48)50-38(26-15-19-28(40)20-16-26)24-44(34(46)22-42(3)4)30-10-6-8-12-32(30)52-38/h5-20H,21-24H2,1-4H3. The molecule has 0 spiro atoms. The first kappa shape index (κ1) is 37.0. The molecule has 10 nitrogen and oxygen atoms in total. The lowest BCUT2D eigenvalue weighted by atomic mass is 10.1. The lowest BCUT2D eigenvalue weighted by Crippen LogP contribution is -2.52. The highest BCUT2D eigenvalue weighted by atomic mass is 32.2. The van der Waals surface area contributed by atoms with Crippen molar-refractivity contribution >= 4 is 58.7 Å². The van der Waals surface area contributed by atoms with Gasteiger partial charge < -0.3 is 29.1 Å². The third-order valence-corrected chi connectivity index (χ3v) is 11.0. The summed E-state index contributed by atoms with van der Waals surface area (Å²) in [5, 5.41) is 0. The van der Waals surface area contributed by atoms with Gasteiger partial charge in [-0.3, -0.25) is 9.59 Å². The average molecular weight is 747 g/mol. The smallest absolute Gasteiger partial charge is 0.419 e. The van der Waals surface area contributed by atoms with Gasteiger partial charge in [0.2, 0.25) is 21.7 Å². The molecule has 2 heterocycles. The topological polar surface area (TPSA) is 99.7 Å². The molecule has 52 heavy (non-hydrogen) atoms. The average Bonchev–Trinajstić information content (AvgIpc) is 3.10. The zero-order valence-electron chi connectivity index (χ0n) is 28.9. The first-order valence-electron chi connectivity index (χ1n) is 16.2. The molecule has 0 aliphatic carbocycles. The van der Waals surface area contributed by atoms with E-state index in [1.165, 1.54) is 58.3 Å². The molecule has 270 valence electrons. The maximum absolute atomic E-state index is 14.2. The van der Waals surface area contributed by atoms with E-state index in [2.05, 4.69) is 0 Å². The summed E-state index contributed by atoms with van der Waals surface area (Å²) in [6.07, 6.45) is 0. The summed E-state index contributed by atoms with van der Waals surface area (Å²) < 4.78 is 40.6. The third-order valence-electron chi connectivity index (χ3n) is 8.35. The number of fused-ring (bicyclic) bond motifs is 2. The Morgan fingerprint density at radius 2 is 0.942 bits per heavy atom. The molecular formula is C38H36F2N4O6S2. The number of halogens is 2. The largest absolute Gasteiger partial charge is 0.433 e. The van der Waals surface area contributed by atoms with Gasteiger partial charge in [0.05, 0.1) is 37.6 Å². The molecule has 0 saturated carbocycles. The Labute approximate surface area is 308 Å². The van der Waals surface area contributed by atoms with E-state index in [9.17, 15) is 28.0 Å². The van der Waals surface area contributed by atoms with Gasteiger partial charge in [0.25, 0.3) is 0 Å². The summed E-state index contributed by atoms with van der Waals surface area (Å²) in [4.78, 5) is 59.5. The van der Waals surface area contributed by atoms with Crippen molar-refractivity contribution in [2.24, 2.45) is 0 Å². The number of thioether (sulfide) groups is 2. The highest BCUT2D eigenvalue weighted by Crippen LogP contribution is 2.53. The molecule has 2 atom stereocenters. The monoisotopic (exact) mass is 746 g/mol. The van der Waals surface area contributed by atoms with Crippen LogP contribution in [0.2, 0.25) is 0 Å². The Kier molecular flexibility index (Phi) is 10.7. The van der Waals surface area contributed by atoms with Gasteiger partial charge in [-0.05, 0) is 76.7 Å². The molecule has 2 unspecified atom stereocenters. The number of carbonyl (C=O) groups excluding carboxylic acids is 4. The van der Waals surface area contributed by atoms with E-state index in [4.69, 9.17) is 9.47 Å². The fourth-order valence-electron chi connectivity index (χ4n) is 6.01. The van der Waals surface area contributed by atoms with Crippen LogP contribution in [-0.2, 0) is 38.5 Å². The van der Waals surface area contributed by atoms with Crippen LogP contribution < -0.4 is 9.80 Å². The van der Waals surface area contributed by atoms with Crippen molar-refractivity contribution in [2.45, 2.75) is 19.7 Å². The van der Waals surface area contributed by atoms with Crippen molar-refractivity contribution in [1.29, 1.82) is 0 Å². The maximum atomic E-state index is 14.2. The molecular weight excluding hydrogens is 711 g/mol. The Hall–Kier alpha value is -4.76. The van der Waals surface area contributed by atoms with Gasteiger partial charge in [-0.25, -0.2) is 18.4 Å². The maximum Gasteiger partial charge on any atom is 0.419 e.